The van der Waals surface area contributed by atoms with Gasteiger partial charge in [0.2, 0.25) is 0 Å². The number of quaternary nitrogens is 1. The largest absolute Gasteiger partial charge is 0.477 e. The van der Waals surface area contributed by atoms with Gasteiger partial charge >= 0.3 is 17.9 Å². The molecule has 0 heterocycles. The van der Waals surface area contributed by atoms with Crippen LogP contribution in [0.25, 0.3) is 0 Å². The first-order valence-electron chi connectivity index (χ1n) is 41.5. The molecule has 0 fully saturated rings. The van der Waals surface area contributed by atoms with Gasteiger partial charge in [0.05, 0.1) is 34.4 Å². The smallest absolute Gasteiger partial charge is 0.361 e. The lowest BCUT2D eigenvalue weighted by Gasteiger charge is -2.25. The second kappa shape index (κ2) is 76.7. The van der Waals surface area contributed by atoms with Crippen molar-refractivity contribution in [2.75, 3.05) is 47.5 Å². The van der Waals surface area contributed by atoms with Crippen molar-refractivity contribution >= 4 is 17.9 Å². The third-order valence-corrected chi connectivity index (χ3v) is 18.8. The maximum absolute atomic E-state index is 13.0. The Labute approximate surface area is 590 Å². The molecule has 9 nitrogen and oxygen atoms in total. The Morgan fingerprint density at radius 3 is 0.895 bits per heavy atom. The Morgan fingerprint density at radius 2 is 0.600 bits per heavy atom. The predicted octanol–water partition coefficient (Wildman–Crippen LogP) is 26.6. The average Bonchev–Trinajstić information content (AvgIpc) is 2.86. The molecule has 0 spiro atoms. The summed E-state index contributed by atoms with van der Waals surface area (Å²) in [5.74, 6) is -1.98. The third-order valence-electron chi connectivity index (χ3n) is 18.8. The summed E-state index contributed by atoms with van der Waals surface area (Å²) in [6.45, 7) is 4.83. The summed E-state index contributed by atoms with van der Waals surface area (Å²) < 4.78 is 23.1. The molecule has 0 aliphatic rings. The van der Waals surface area contributed by atoms with E-state index in [-0.39, 0.29) is 38.2 Å². The lowest BCUT2D eigenvalue weighted by molar-refractivity contribution is -0.870. The molecule has 0 aliphatic carbocycles. The number of rotatable bonds is 78. The Hall–Kier alpha value is -3.01. The number of nitrogens with zero attached hydrogens (tertiary/aromatic N) is 1. The van der Waals surface area contributed by atoms with Crippen LogP contribution in [-0.4, -0.2) is 87.4 Å². The molecule has 0 amide bonds. The standard InChI is InChI=1S/C86H159NO8/c1-6-8-10-12-14-16-18-20-22-24-26-28-30-32-34-36-37-38-39-40-41-42-43-44-45-46-47-49-50-52-54-56-58-60-62-64-66-68-70-72-74-76-83(88)93-80-82(81-94-86(85(90)91)92-79-78-87(3,4)5)95-84(89)77-75-73-71-69-67-65-63-61-59-57-55-53-51-48-35-33-31-29-27-25-23-21-19-17-15-13-11-9-7-2/h9,11,15,17,21,23,27,29,33,35,82,86H,6-8,10,12-14,16,18-20,22,24-26,28,30-32,34,36-81H2,1-5H3/p+1/b11-9-,17-15-,23-21-,29-27-,35-33-. The molecular weight excluding hydrogens is 1170 g/mol. The molecule has 0 bridgehead atoms. The number of carboxylic acid groups (broad SMARTS) is 1. The van der Waals surface area contributed by atoms with Crippen molar-refractivity contribution in [3.63, 3.8) is 0 Å². The first-order valence-corrected chi connectivity index (χ1v) is 41.5. The molecule has 0 saturated heterocycles. The van der Waals surface area contributed by atoms with Gasteiger partial charge in [-0.15, -0.1) is 0 Å². The highest BCUT2D eigenvalue weighted by Gasteiger charge is 2.25. The van der Waals surface area contributed by atoms with Gasteiger partial charge in [-0.2, -0.15) is 0 Å². The number of carbonyl (C=O) groups excluding carboxylic acids is 2. The number of hydrogen-bond acceptors (Lipinski definition) is 7. The van der Waals surface area contributed by atoms with E-state index in [1.165, 1.54) is 315 Å². The Kier molecular flexibility index (Phi) is 74.3. The molecule has 9 heteroatoms. The fraction of sp³-hybridized carbons (Fsp3) is 0.849. The number of allylic oxidation sites excluding steroid dienone is 10. The predicted molar refractivity (Wildman–Crippen MR) is 410 cm³/mol. The van der Waals surface area contributed by atoms with Crippen LogP contribution in [-0.2, 0) is 33.3 Å². The molecule has 0 rings (SSSR count). The maximum Gasteiger partial charge on any atom is 0.361 e. The summed E-state index contributed by atoms with van der Waals surface area (Å²) >= 11 is 0. The molecule has 0 aromatic heterocycles. The van der Waals surface area contributed by atoms with E-state index in [1.807, 2.05) is 21.1 Å². The van der Waals surface area contributed by atoms with Crippen molar-refractivity contribution in [1.29, 1.82) is 0 Å². The summed E-state index contributed by atoms with van der Waals surface area (Å²) in [7, 11) is 5.99. The van der Waals surface area contributed by atoms with Crippen LogP contribution in [0.1, 0.15) is 412 Å². The molecule has 2 atom stereocenters. The van der Waals surface area contributed by atoms with Gasteiger partial charge in [0, 0.05) is 12.8 Å². The number of ether oxygens (including phenoxy) is 4. The van der Waals surface area contributed by atoms with Crippen LogP contribution in [0.4, 0.5) is 0 Å². The Bertz CT molecular complexity index is 1750. The summed E-state index contributed by atoms with van der Waals surface area (Å²) in [6, 6.07) is 0. The van der Waals surface area contributed by atoms with Crippen molar-refractivity contribution in [3.05, 3.63) is 60.8 Å². The van der Waals surface area contributed by atoms with Crippen molar-refractivity contribution in [3.8, 4) is 0 Å². The van der Waals surface area contributed by atoms with Crippen molar-refractivity contribution in [2.24, 2.45) is 0 Å². The highest BCUT2D eigenvalue weighted by Crippen LogP contribution is 2.20. The first-order chi connectivity index (χ1) is 46.6. The van der Waals surface area contributed by atoms with Crippen LogP contribution in [0.3, 0.4) is 0 Å². The van der Waals surface area contributed by atoms with Gasteiger partial charge in [0.1, 0.15) is 13.2 Å². The van der Waals surface area contributed by atoms with Crippen LogP contribution in [0, 0.1) is 0 Å². The van der Waals surface area contributed by atoms with E-state index >= 15 is 0 Å². The summed E-state index contributed by atoms with van der Waals surface area (Å²) in [6.07, 6.45) is 99.7. The van der Waals surface area contributed by atoms with Gasteiger partial charge in [-0.1, -0.05) is 402 Å². The zero-order chi connectivity index (χ0) is 69.0. The van der Waals surface area contributed by atoms with Crippen LogP contribution in [0.15, 0.2) is 60.8 Å². The van der Waals surface area contributed by atoms with E-state index in [4.69, 9.17) is 18.9 Å². The molecule has 0 aromatic rings. The normalized spacial score (nSPS) is 12.9. The van der Waals surface area contributed by atoms with E-state index < -0.39 is 18.4 Å². The fourth-order valence-electron chi connectivity index (χ4n) is 12.5. The molecule has 95 heavy (non-hydrogen) atoms. The monoisotopic (exact) mass is 1340 g/mol. The Morgan fingerprint density at radius 1 is 0.326 bits per heavy atom. The molecular formula is C86H160NO8+. The van der Waals surface area contributed by atoms with E-state index in [9.17, 15) is 19.5 Å². The quantitative estimate of drug-likeness (QED) is 0.0211. The summed E-state index contributed by atoms with van der Waals surface area (Å²) in [5.41, 5.74) is 0. The number of aliphatic carboxylic acids is 1. The van der Waals surface area contributed by atoms with Crippen LogP contribution < -0.4 is 0 Å². The number of unbranched alkanes of at least 4 members (excludes halogenated alkanes) is 53. The molecule has 2 unspecified atom stereocenters. The molecule has 0 aliphatic heterocycles. The average molecular weight is 1340 g/mol. The number of hydrogen-bond donors (Lipinski definition) is 1. The fourth-order valence-corrected chi connectivity index (χ4v) is 12.5. The third kappa shape index (κ3) is 78.2. The highest BCUT2D eigenvalue weighted by atomic mass is 16.7. The number of esters is 2. The van der Waals surface area contributed by atoms with Gasteiger partial charge in [0.25, 0.3) is 6.29 Å². The second-order valence-corrected chi connectivity index (χ2v) is 29.4. The molecule has 556 valence electrons. The first kappa shape index (κ1) is 92.0. The highest BCUT2D eigenvalue weighted by molar-refractivity contribution is 5.71. The Balaban J connectivity index is 3.93. The van der Waals surface area contributed by atoms with Crippen LogP contribution >= 0.6 is 0 Å². The number of carbonyl (C=O) groups is 3. The van der Waals surface area contributed by atoms with Crippen molar-refractivity contribution in [1.82, 2.24) is 0 Å². The van der Waals surface area contributed by atoms with Crippen LogP contribution in [0.5, 0.6) is 0 Å². The molecule has 0 saturated carbocycles. The second-order valence-electron chi connectivity index (χ2n) is 29.4. The van der Waals surface area contributed by atoms with Gasteiger partial charge < -0.3 is 28.5 Å². The minimum Gasteiger partial charge on any atom is -0.477 e. The minimum atomic E-state index is -1.51. The lowest BCUT2D eigenvalue weighted by atomic mass is 10.0. The zero-order valence-electron chi connectivity index (χ0n) is 63.8. The zero-order valence-corrected chi connectivity index (χ0v) is 63.8. The van der Waals surface area contributed by atoms with E-state index in [0.29, 0.717) is 17.4 Å². The summed E-state index contributed by atoms with van der Waals surface area (Å²) in [4.78, 5) is 37.7. The van der Waals surface area contributed by atoms with Crippen molar-refractivity contribution < 1.29 is 42.9 Å². The van der Waals surface area contributed by atoms with Crippen molar-refractivity contribution in [2.45, 2.75) is 424 Å². The minimum absolute atomic E-state index is 0.179. The summed E-state index contributed by atoms with van der Waals surface area (Å²) in [5, 5.41) is 9.77. The van der Waals surface area contributed by atoms with Gasteiger partial charge in [-0.3, -0.25) is 9.59 Å². The van der Waals surface area contributed by atoms with Crippen LogP contribution in [0.2, 0.25) is 0 Å². The van der Waals surface area contributed by atoms with Gasteiger partial charge in [-0.25, -0.2) is 4.79 Å². The molecule has 0 radical (unpaired) electrons. The van der Waals surface area contributed by atoms with E-state index in [1.54, 1.807) is 0 Å². The molecule has 0 aromatic carbocycles. The van der Waals surface area contributed by atoms with Gasteiger partial charge in [0.15, 0.2) is 6.10 Å². The maximum atomic E-state index is 13.0. The number of carboxylic acids is 1. The van der Waals surface area contributed by atoms with E-state index in [2.05, 4.69) is 74.6 Å². The SMILES string of the molecule is CC/C=C\C/C=C\C/C=C\C/C=C\C/C=C\CCCCCCCCCCCCCCCC(=O)OC(COC(=O)CCCCCCCCCCCCCCCCCCCCCCCCCCCCCCCCCCCCCCCCCCC)COC(OCC[N+](C)(C)C)C(=O)O. The topological polar surface area (TPSA) is 108 Å². The lowest BCUT2D eigenvalue weighted by Crippen LogP contribution is -2.40. The van der Waals surface area contributed by atoms with Gasteiger partial charge in [-0.05, 0) is 57.8 Å². The number of likely N-dealkylation sites (N-methyl/N-ethyl adjacent to an activating group) is 1. The molecule has 1 N–H and O–H groups in total. The van der Waals surface area contributed by atoms with E-state index in [0.717, 1.165) is 70.6 Å².